The summed E-state index contributed by atoms with van der Waals surface area (Å²) in [5.74, 6) is -1.93. The number of hydrogen-bond donors (Lipinski definition) is 2. The quantitative estimate of drug-likeness (QED) is 0.326. The van der Waals surface area contributed by atoms with Crippen LogP contribution in [0.25, 0.3) is 0 Å². The number of carbonyl (C=O) groups excluding carboxylic acids is 1. The molecule has 2 aromatic carbocycles. The smallest absolute Gasteiger partial charge is 0.369 e. The molecule has 1 saturated carbocycles. The topological polar surface area (TPSA) is 76.1 Å². The maximum Gasteiger partial charge on any atom is 0.416 e. The lowest BCUT2D eigenvalue weighted by Gasteiger charge is -2.42. The first-order chi connectivity index (χ1) is 19.0. The molecule has 1 amide bonds. The summed E-state index contributed by atoms with van der Waals surface area (Å²) in [5, 5.41) is 2.79. The summed E-state index contributed by atoms with van der Waals surface area (Å²) in [5.41, 5.74) is 0.581. The van der Waals surface area contributed by atoms with Crippen LogP contribution in [0, 0.1) is 5.82 Å². The van der Waals surface area contributed by atoms with Gasteiger partial charge in [-0.15, -0.1) is 0 Å². The Hall–Kier alpha value is -2.70. The zero-order valence-corrected chi connectivity index (χ0v) is 23.5. The molecule has 0 radical (unpaired) electrons. The van der Waals surface area contributed by atoms with Crippen molar-refractivity contribution in [3.63, 3.8) is 0 Å². The zero-order chi connectivity index (χ0) is 29.0. The van der Waals surface area contributed by atoms with Crippen LogP contribution in [-0.4, -0.2) is 58.8 Å². The van der Waals surface area contributed by atoms with Gasteiger partial charge in [0, 0.05) is 51.5 Å². The molecule has 220 valence electrons. The van der Waals surface area contributed by atoms with Gasteiger partial charge in [-0.1, -0.05) is 31.4 Å². The largest absolute Gasteiger partial charge is 0.416 e. The first kappa shape index (κ1) is 30.3. The van der Waals surface area contributed by atoms with Gasteiger partial charge < -0.3 is 10.2 Å². The number of carbonyl (C=O) groups is 1. The van der Waals surface area contributed by atoms with Gasteiger partial charge in [0.15, 0.2) is 0 Å². The van der Waals surface area contributed by atoms with Crippen molar-refractivity contribution < 1.29 is 31.1 Å². The van der Waals surface area contributed by atoms with E-state index in [0.29, 0.717) is 35.9 Å². The number of hydrogen-bond acceptors (Lipinski definition) is 4. The van der Waals surface area contributed by atoms with Crippen LogP contribution < -0.4 is 14.5 Å². The molecule has 1 aliphatic heterocycles. The second-order valence-corrected chi connectivity index (χ2v) is 11.5. The predicted octanol–water partition coefficient (Wildman–Crippen LogP) is 5.29. The average Bonchev–Trinajstić information content (AvgIpc) is 2.95. The number of piperazine rings is 1. The van der Waals surface area contributed by atoms with Crippen LogP contribution in [0.1, 0.15) is 61.6 Å². The van der Waals surface area contributed by atoms with Gasteiger partial charge in [-0.05, 0) is 55.2 Å². The molecule has 0 bridgehead atoms. The van der Waals surface area contributed by atoms with Crippen molar-refractivity contribution in [3.8, 4) is 0 Å². The normalized spacial score (nSPS) is 18.8. The molecular weight excluding hydrogens is 548 g/mol. The molecule has 2 fully saturated rings. The second kappa shape index (κ2) is 12.9. The van der Waals surface area contributed by atoms with Crippen LogP contribution >= 0.6 is 0 Å². The van der Waals surface area contributed by atoms with Crippen molar-refractivity contribution in [3.05, 3.63) is 58.9 Å². The summed E-state index contributed by atoms with van der Waals surface area (Å²) in [4.78, 5) is 17.4. The van der Waals surface area contributed by atoms with E-state index in [-0.39, 0.29) is 12.2 Å². The van der Waals surface area contributed by atoms with E-state index >= 15 is 0 Å². The maximum atomic E-state index is 14.6. The molecule has 4 rings (SSSR count). The summed E-state index contributed by atoms with van der Waals surface area (Å²) in [6.07, 6.45) is 1.56. The molecule has 2 aliphatic rings. The van der Waals surface area contributed by atoms with Crippen LogP contribution in [0.5, 0.6) is 0 Å². The fraction of sp³-hybridized carbons (Fsp3) is 0.536. The third kappa shape index (κ3) is 7.13. The Bertz CT molecular complexity index is 1210. The maximum absolute atomic E-state index is 14.6. The summed E-state index contributed by atoms with van der Waals surface area (Å²) in [6, 6.07) is 8.11. The van der Waals surface area contributed by atoms with Gasteiger partial charge in [0.05, 0.1) is 17.2 Å². The number of alkyl halides is 3. The summed E-state index contributed by atoms with van der Waals surface area (Å²) in [6.45, 7) is 4.39. The van der Waals surface area contributed by atoms with Crippen LogP contribution in [0.2, 0.25) is 0 Å². The SMILES string of the molecule is CC(C(=O)NCc1ccc(C(F)(F)F)cc1N1CCN(C2CCCCC2)CC1)c1ccc(N(C)S(=O)O)c(F)c1. The third-order valence-corrected chi connectivity index (χ3v) is 8.72. The molecule has 0 spiro atoms. The van der Waals surface area contributed by atoms with Gasteiger partial charge in [-0.3, -0.25) is 18.6 Å². The lowest BCUT2D eigenvalue weighted by atomic mass is 9.93. The van der Waals surface area contributed by atoms with E-state index < -0.39 is 40.6 Å². The molecule has 1 heterocycles. The summed E-state index contributed by atoms with van der Waals surface area (Å²) >= 11 is -2.40. The number of nitrogens with one attached hydrogen (secondary N) is 1. The van der Waals surface area contributed by atoms with Crippen LogP contribution in [0.3, 0.4) is 0 Å². The first-order valence-corrected chi connectivity index (χ1v) is 14.6. The van der Waals surface area contributed by atoms with Gasteiger partial charge >= 0.3 is 6.18 Å². The monoisotopic (exact) mass is 584 g/mol. The molecule has 2 N–H and O–H groups in total. The fourth-order valence-electron chi connectivity index (χ4n) is 5.58. The van der Waals surface area contributed by atoms with E-state index in [2.05, 4.69) is 10.2 Å². The Kier molecular flexibility index (Phi) is 9.73. The van der Waals surface area contributed by atoms with Gasteiger partial charge in [-0.25, -0.2) is 8.60 Å². The molecule has 40 heavy (non-hydrogen) atoms. The Labute approximate surface area is 234 Å². The molecule has 1 aliphatic carbocycles. The Morgan fingerprint density at radius 1 is 1.10 bits per heavy atom. The minimum absolute atomic E-state index is 0.0201. The third-order valence-electron chi connectivity index (χ3n) is 8.05. The minimum Gasteiger partial charge on any atom is -0.369 e. The van der Waals surface area contributed by atoms with Crippen LogP contribution in [-0.2, 0) is 28.8 Å². The molecule has 0 aromatic heterocycles. The lowest BCUT2D eigenvalue weighted by Crippen LogP contribution is -2.51. The summed E-state index contributed by atoms with van der Waals surface area (Å²) in [7, 11) is 1.27. The highest BCUT2D eigenvalue weighted by atomic mass is 32.2. The number of anilines is 2. The standard InChI is InChI=1S/C28H36F4N4O3S/c1-19(20-9-11-25(24(29)16-20)34(2)40(38)39)27(37)33-18-21-8-10-22(28(30,31)32)17-26(21)36-14-12-35(13-15-36)23-6-4-3-5-7-23/h8-11,16-17,19,23H,3-7,12-15,18H2,1-2H3,(H,33,37)(H,38,39). The molecule has 1 saturated heterocycles. The molecule has 2 aromatic rings. The van der Waals surface area contributed by atoms with Crippen molar-refractivity contribution in [1.29, 1.82) is 0 Å². The van der Waals surface area contributed by atoms with Gasteiger partial charge in [0.2, 0.25) is 5.91 Å². The number of nitrogens with zero attached hydrogens (tertiary/aromatic N) is 3. The summed E-state index contributed by atoms with van der Waals surface area (Å²) < 4.78 is 76.6. The van der Waals surface area contributed by atoms with Crippen molar-refractivity contribution in [2.75, 3.05) is 42.4 Å². The average molecular weight is 585 g/mol. The van der Waals surface area contributed by atoms with Gasteiger partial charge in [0.25, 0.3) is 11.3 Å². The molecule has 12 heteroatoms. The van der Waals surface area contributed by atoms with Crippen molar-refractivity contribution in [2.24, 2.45) is 0 Å². The fourth-order valence-corrected chi connectivity index (χ4v) is 5.89. The van der Waals surface area contributed by atoms with Crippen LogP contribution in [0.15, 0.2) is 36.4 Å². The Morgan fingerprint density at radius 3 is 2.38 bits per heavy atom. The predicted molar refractivity (Wildman–Crippen MR) is 148 cm³/mol. The Morgan fingerprint density at radius 2 is 1.77 bits per heavy atom. The Balaban J connectivity index is 1.46. The van der Waals surface area contributed by atoms with E-state index in [9.17, 15) is 31.1 Å². The van der Waals surface area contributed by atoms with Crippen molar-refractivity contribution in [1.82, 2.24) is 10.2 Å². The number of benzene rings is 2. The second-order valence-electron chi connectivity index (χ2n) is 10.5. The zero-order valence-electron chi connectivity index (χ0n) is 22.7. The highest BCUT2D eigenvalue weighted by molar-refractivity contribution is 7.80. The number of amides is 1. The molecule has 2 unspecified atom stereocenters. The highest BCUT2D eigenvalue weighted by Gasteiger charge is 2.33. The van der Waals surface area contributed by atoms with Gasteiger partial charge in [0.1, 0.15) is 5.82 Å². The van der Waals surface area contributed by atoms with E-state index in [1.165, 1.54) is 57.4 Å². The number of halogens is 4. The molecule has 2 atom stereocenters. The van der Waals surface area contributed by atoms with E-state index in [4.69, 9.17) is 0 Å². The number of rotatable bonds is 8. The van der Waals surface area contributed by atoms with E-state index in [1.807, 2.05) is 4.90 Å². The first-order valence-electron chi connectivity index (χ1n) is 13.6. The van der Waals surface area contributed by atoms with Crippen molar-refractivity contribution in [2.45, 2.75) is 63.7 Å². The van der Waals surface area contributed by atoms with E-state index in [1.54, 1.807) is 6.92 Å². The minimum atomic E-state index is -4.48. The molecular formula is C28H36F4N4O3S. The van der Waals surface area contributed by atoms with Crippen molar-refractivity contribution >= 4 is 28.5 Å². The highest BCUT2D eigenvalue weighted by Crippen LogP contribution is 2.35. The van der Waals surface area contributed by atoms with Crippen LogP contribution in [0.4, 0.5) is 28.9 Å². The van der Waals surface area contributed by atoms with Gasteiger partial charge in [-0.2, -0.15) is 13.2 Å². The lowest BCUT2D eigenvalue weighted by molar-refractivity contribution is -0.137. The van der Waals surface area contributed by atoms with E-state index in [0.717, 1.165) is 35.6 Å². The molecule has 7 nitrogen and oxygen atoms in total.